The van der Waals surface area contributed by atoms with E-state index < -0.39 is 10.0 Å². The van der Waals surface area contributed by atoms with Crippen molar-refractivity contribution in [3.63, 3.8) is 0 Å². The van der Waals surface area contributed by atoms with Crippen LogP contribution in [-0.4, -0.2) is 32.9 Å². The first-order chi connectivity index (χ1) is 14.7. The Labute approximate surface area is 191 Å². The predicted molar refractivity (Wildman–Crippen MR) is 122 cm³/mol. The maximum atomic E-state index is 12.5. The lowest BCUT2D eigenvalue weighted by atomic mass is 10.2. The molecule has 1 amide bonds. The molecule has 0 spiro atoms. The molecule has 0 aliphatic heterocycles. The normalized spacial score (nSPS) is 11.1. The number of rotatable bonds is 8. The molecule has 1 N–H and O–H groups in total. The summed E-state index contributed by atoms with van der Waals surface area (Å²) in [6, 6.07) is 19.8. The molecule has 0 radical (unpaired) electrons. The lowest BCUT2D eigenvalue weighted by molar-refractivity contribution is -0.132. The standard InChI is InChI=1S/C22H20Cl2N2O4S/c1-26(14-16-5-3-2-4-6-16)22(27)15-30-18-8-10-19(11-9-18)31(28,29)25-17-7-12-20(23)21(24)13-17/h2-13,25H,14-15H2,1H3. The van der Waals surface area contributed by atoms with E-state index in [0.717, 1.165) is 5.56 Å². The third-order valence-electron chi connectivity index (χ3n) is 4.36. The Morgan fingerprint density at radius 2 is 1.65 bits per heavy atom. The number of hydrogen-bond acceptors (Lipinski definition) is 4. The number of anilines is 1. The van der Waals surface area contributed by atoms with Gasteiger partial charge in [-0.25, -0.2) is 8.42 Å². The SMILES string of the molecule is CN(Cc1ccccc1)C(=O)COc1ccc(S(=O)(=O)Nc2ccc(Cl)c(Cl)c2)cc1. The summed E-state index contributed by atoms with van der Waals surface area (Å²) >= 11 is 11.8. The molecule has 6 nitrogen and oxygen atoms in total. The number of benzene rings is 3. The molecule has 0 bridgehead atoms. The monoisotopic (exact) mass is 478 g/mol. The van der Waals surface area contributed by atoms with E-state index in [0.29, 0.717) is 23.0 Å². The van der Waals surface area contributed by atoms with Gasteiger partial charge in [0.05, 0.1) is 20.6 Å². The Morgan fingerprint density at radius 3 is 2.29 bits per heavy atom. The van der Waals surface area contributed by atoms with Crippen molar-refractivity contribution in [2.45, 2.75) is 11.4 Å². The molecule has 3 aromatic carbocycles. The van der Waals surface area contributed by atoms with Gasteiger partial charge in [-0.2, -0.15) is 0 Å². The highest BCUT2D eigenvalue weighted by molar-refractivity contribution is 7.92. The van der Waals surface area contributed by atoms with Gasteiger partial charge in [0.25, 0.3) is 15.9 Å². The number of halogens is 2. The Balaban J connectivity index is 1.57. The number of carbonyl (C=O) groups excluding carboxylic acids is 1. The molecule has 0 fully saturated rings. The largest absolute Gasteiger partial charge is 0.484 e. The van der Waals surface area contributed by atoms with E-state index in [9.17, 15) is 13.2 Å². The van der Waals surface area contributed by atoms with Crippen LogP contribution in [0.3, 0.4) is 0 Å². The minimum Gasteiger partial charge on any atom is -0.484 e. The number of amides is 1. The average Bonchev–Trinajstić information content (AvgIpc) is 2.75. The summed E-state index contributed by atoms with van der Waals surface area (Å²) < 4.78 is 33.0. The van der Waals surface area contributed by atoms with Crippen molar-refractivity contribution < 1.29 is 17.9 Å². The van der Waals surface area contributed by atoms with Crippen LogP contribution in [0.1, 0.15) is 5.56 Å². The summed E-state index contributed by atoms with van der Waals surface area (Å²) in [4.78, 5) is 13.9. The van der Waals surface area contributed by atoms with Gasteiger partial charge in [0, 0.05) is 13.6 Å². The fourth-order valence-corrected chi connectivity index (χ4v) is 4.04. The topological polar surface area (TPSA) is 75.7 Å². The van der Waals surface area contributed by atoms with Crippen molar-refractivity contribution in [2.75, 3.05) is 18.4 Å². The van der Waals surface area contributed by atoms with Gasteiger partial charge in [-0.3, -0.25) is 9.52 Å². The highest BCUT2D eigenvalue weighted by Crippen LogP contribution is 2.27. The van der Waals surface area contributed by atoms with E-state index in [1.165, 1.54) is 42.5 Å². The molecule has 0 unspecified atom stereocenters. The molecule has 31 heavy (non-hydrogen) atoms. The van der Waals surface area contributed by atoms with Crippen LogP contribution in [-0.2, 0) is 21.4 Å². The number of carbonyl (C=O) groups is 1. The summed E-state index contributed by atoms with van der Waals surface area (Å²) in [6.45, 7) is 0.317. The molecular weight excluding hydrogens is 459 g/mol. The van der Waals surface area contributed by atoms with Crippen LogP contribution in [0.25, 0.3) is 0 Å². The van der Waals surface area contributed by atoms with Crippen LogP contribution in [0.5, 0.6) is 5.75 Å². The third-order valence-corrected chi connectivity index (χ3v) is 6.49. The van der Waals surface area contributed by atoms with Crippen LogP contribution in [0.2, 0.25) is 10.0 Å². The summed E-state index contributed by atoms with van der Waals surface area (Å²) in [5.74, 6) is 0.191. The van der Waals surface area contributed by atoms with E-state index >= 15 is 0 Å². The Kier molecular flexibility index (Phi) is 7.43. The van der Waals surface area contributed by atoms with Crippen molar-refractivity contribution in [3.8, 4) is 5.75 Å². The molecular formula is C22H20Cl2N2O4S. The predicted octanol–water partition coefficient (Wildman–Crippen LogP) is 4.83. The van der Waals surface area contributed by atoms with Crippen LogP contribution in [0.15, 0.2) is 77.7 Å². The van der Waals surface area contributed by atoms with Gasteiger partial charge in [-0.1, -0.05) is 53.5 Å². The van der Waals surface area contributed by atoms with Gasteiger partial charge in [-0.15, -0.1) is 0 Å². The zero-order valence-corrected chi connectivity index (χ0v) is 18.9. The number of likely N-dealkylation sites (N-methyl/N-ethyl adjacent to an activating group) is 1. The second-order valence-corrected chi connectivity index (χ2v) is 9.23. The highest BCUT2D eigenvalue weighted by Gasteiger charge is 2.16. The molecule has 0 atom stereocenters. The average molecular weight is 479 g/mol. The first-order valence-corrected chi connectivity index (χ1v) is 11.5. The van der Waals surface area contributed by atoms with E-state index in [1.54, 1.807) is 11.9 Å². The van der Waals surface area contributed by atoms with Gasteiger partial charge >= 0.3 is 0 Å². The summed E-state index contributed by atoms with van der Waals surface area (Å²) in [5, 5.41) is 0.572. The van der Waals surface area contributed by atoms with Gasteiger partial charge in [0.15, 0.2) is 6.61 Å². The minimum atomic E-state index is -3.82. The molecule has 0 saturated carbocycles. The maximum absolute atomic E-state index is 12.5. The van der Waals surface area contributed by atoms with Crippen LogP contribution in [0, 0.1) is 0 Å². The van der Waals surface area contributed by atoms with E-state index in [2.05, 4.69) is 4.72 Å². The molecule has 9 heteroatoms. The zero-order valence-electron chi connectivity index (χ0n) is 16.6. The third kappa shape index (κ3) is 6.37. The molecule has 0 saturated heterocycles. The number of hydrogen-bond donors (Lipinski definition) is 1. The van der Waals surface area contributed by atoms with Crippen LogP contribution < -0.4 is 9.46 Å². The van der Waals surface area contributed by atoms with Crippen molar-refractivity contribution in [3.05, 3.63) is 88.4 Å². The van der Waals surface area contributed by atoms with Gasteiger partial charge in [0.2, 0.25) is 0 Å². The number of nitrogens with zero attached hydrogens (tertiary/aromatic N) is 1. The van der Waals surface area contributed by atoms with Crippen LogP contribution >= 0.6 is 23.2 Å². The molecule has 3 rings (SSSR count). The molecule has 0 aliphatic rings. The highest BCUT2D eigenvalue weighted by atomic mass is 35.5. The first-order valence-electron chi connectivity index (χ1n) is 9.23. The summed E-state index contributed by atoms with van der Waals surface area (Å²) in [6.07, 6.45) is 0. The van der Waals surface area contributed by atoms with Crippen molar-refractivity contribution in [1.82, 2.24) is 4.90 Å². The zero-order chi connectivity index (χ0) is 22.4. The lowest BCUT2D eigenvalue weighted by Gasteiger charge is -2.17. The molecule has 0 heterocycles. The maximum Gasteiger partial charge on any atom is 0.261 e. The molecule has 0 aromatic heterocycles. The number of sulfonamides is 1. The summed E-state index contributed by atoms with van der Waals surface area (Å²) in [5.41, 5.74) is 1.31. The second kappa shape index (κ2) is 10.0. The lowest BCUT2D eigenvalue weighted by Crippen LogP contribution is -2.30. The first kappa shape index (κ1) is 22.9. The summed E-state index contributed by atoms with van der Waals surface area (Å²) in [7, 11) is -2.12. The number of ether oxygens (including phenoxy) is 1. The Hall–Kier alpha value is -2.74. The van der Waals surface area contributed by atoms with Gasteiger partial charge in [0.1, 0.15) is 5.75 Å². The Bertz CT molecular complexity index is 1150. The van der Waals surface area contributed by atoms with Gasteiger partial charge in [-0.05, 0) is 48.0 Å². The Morgan fingerprint density at radius 1 is 0.968 bits per heavy atom. The van der Waals surface area contributed by atoms with Crippen molar-refractivity contribution >= 4 is 44.8 Å². The molecule has 0 aliphatic carbocycles. The fourth-order valence-electron chi connectivity index (χ4n) is 2.69. The smallest absolute Gasteiger partial charge is 0.261 e. The second-order valence-electron chi connectivity index (χ2n) is 6.73. The van der Waals surface area contributed by atoms with Crippen LogP contribution in [0.4, 0.5) is 5.69 Å². The quantitative estimate of drug-likeness (QED) is 0.502. The number of nitrogens with one attached hydrogen (secondary N) is 1. The molecule has 3 aromatic rings. The van der Waals surface area contributed by atoms with E-state index in [-0.39, 0.29) is 22.4 Å². The minimum absolute atomic E-state index is 0.0402. The van der Waals surface area contributed by atoms with E-state index in [1.807, 2.05) is 30.3 Å². The fraction of sp³-hybridized carbons (Fsp3) is 0.136. The van der Waals surface area contributed by atoms with Crippen molar-refractivity contribution in [1.29, 1.82) is 0 Å². The van der Waals surface area contributed by atoms with E-state index in [4.69, 9.17) is 27.9 Å². The van der Waals surface area contributed by atoms with Crippen molar-refractivity contribution in [2.24, 2.45) is 0 Å². The molecule has 162 valence electrons. The van der Waals surface area contributed by atoms with Gasteiger partial charge < -0.3 is 9.64 Å².